The van der Waals surface area contributed by atoms with Gasteiger partial charge in [-0.1, -0.05) is 91.0 Å². The summed E-state index contributed by atoms with van der Waals surface area (Å²) >= 11 is 1.81. The topological polar surface area (TPSA) is 20.3 Å². The van der Waals surface area contributed by atoms with Crippen LogP contribution >= 0.6 is 11.3 Å². The molecule has 0 aliphatic carbocycles. The Hall–Kier alpha value is -4.47. The molecule has 5 aromatic carbocycles. The standard InChI is InChI=1S/C33H23NOS/c35-23-24-15-17-25(18-16-24)32-30-13-7-8-14-31(30)36-33(32)26-19-21-29(22-20-26)34(27-9-3-1-4-10-27)28-11-5-2-6-12-28/h1-23H. The molecule has 2 nitrogen and oxygen atoms in total. The molecule has 3 heteroatoms. The first-order valence-corrected chi connectivity index (χ1v) is 12.7. The number of thiophene rings is 1. The molecule has 0 radical (unpaired) electrons. The summed E-state index contributed by atoms with van der Waals surface area (Å²) in [7, 11) is 0. The predicted molar refractivity (Wildman–Crippen MR) is 153 cm³/mol. The number of rotatable bonds is 6. The van der Waals surface area contributed by atoms with E-state index in [-0.39, 0.29) is 0 Å². The summed E-state index contributed by atoms with van der Waals surface area (Å²) in [6.07, 6.45) is 0.889. The van der Waals surface area contributed by atoms with Crippen LogP contribution in [0.3, 0.4) is 0 Å². The maximum absolute atomic E-state index is 11.2. The van der Waals surface area contributed by atoms with Gasteiger partial charge in [0, 0.05) is 43.2 Å². The second-order valence-corrected chi connectivity index (χ2v) is 9.65. The van der Waals surface area contributed by atoms with E-state index in [1.165, 1.54) is 26.1 Å². The fourth-order valence-electron chi connectivity index (χ4n) is 4.63. The minimum absolute atomic E-state index is 0.686. The van der Waals surface area contributed by atoms with Gasteiger partial charge in [-0.05, 0) is 53.6 Å². The van der Waals surface area contributed by atoms with Gasteiger partial charge in [0.15, 0.2) is 0 Å². The van der Waals surface area contributed by atoms with Gasteiger partial charge in [0.2, 0.25) is 0 Å². The number of anilines is 3. The summed E-state index contributed by atoms with van der Waals surface area (Å²) in [4.78, 5) is 14.7. The smallest absolute Gasteiger partial charge is 0.150 e. The van der Waals surface area contributed by atoms with E-state index < -0.39 is 0 Å². The molecule has 0 fully saturated rings. The highest BCUT2D eigenvalue weighted by Crippen LogP contribution is 2.45. The first kappa shape index (κ1) is 22.0. The van der Waals surface area contributed by atoms with Gasteiger partial charge in [0.25, 0.3) is 0 Å². The average Bonchev–Trinajstić information content (AvgIpc) is 3.34. The summed E-state index contributed by atoms with van der Waals surface area (Å²) in [6, 6.07) is 46.1. The van der Waals surface area contributed by atoms with E-state index in [0.29, 0.717) is 5.56 Å². The molecule has 0 aliphatic rings. The average molecular weight is 482 g/mol. The monoisotopic (exact) mass is 481 g/mol. The molecule has 0 bridgehead atoms. The van der Waals surface area contributed by atoms with E-state index in [1.807, 2.05) is 36.4 Å². The Balaban J connectivity index is 1.46. The predicted octanol–water partition coefficient (Wildman–Crippen LogP) is 9.52. The van der Waals surface area contributed by atoms with Crippen molar-refractivity contribution < 1.29 is 4.79 Å². The van der Waals surface area contributed by atoms with E-state index in [1.54, 1.807) is 11.3 Å². The summed E-state index contributed by atoms with van der Waals surface area (Å²) < 4.78 is 1.25. The van der Waals surface area contributed by atoms with E-state index in [0.717, 1.165) is 28.9 Å². The molecule has 6 rings (SSSR count). The number of carbonyl (C=O) groups excluding carboxylic acids is 1. The van der Waals surface area contributed by atoms with E-state index >= 15 is 0 Å². The third kappa shape index (κ3) is 4.10. The number of nitrogens with zero attached hydrogens (tertiary/aromatic N) is 1. The lowest BCUT2D eigenvalue weighted by Crippen LogP contribution is -2.09. The van der Waals surface area contributed by atoms with Gasteiger partial charge in [-0.3, -0.25) is 4.79 Å². The zero-order valence-corrected chi connectivity index (χ0v) is 20.4. The van der Waals surface area contributed by atoms with Crippen LogP contribution in [0.25, 0.3) is 31.7 Å². The Bertz CT molecular complexity index is 1580. The Morgan fingerprint density at radius 2 is 1.06 bits per heavy atom. The summed E-state index contributed by atoms with van der Waals surface area (Å²) in [5.74, 6) is 0. The molecule has 0 saturated carbocycles. The molecular formula is C33H23NOS. The Labute approximate surface area is 214 Å². The molecule has 1 aromatic heterocycles. The van der Waals surface area contributed by atoms with Gasteiger partial charge in [-0.15, -0.1) is 11.3 Å². The number of benzene rings is 5. The van der Waals surface area contributed by atoms with Crippen LogP contribution in [0.5, 0.6) is 0 Å². The maximum atomic E-state index is 11.2. The Morgan fingerprint density at radius 3 is 1.67 bits per heavy atom. The molecule has 0 N–H and O–H groups in total. The Kier molecular flexibility index (Phi) is 5.90. The van der Waals surface area contributed by atoms with Crippen LogP contribution in [0.4, 0.5) is 17.1 Å². The molecule has 0 aliphatic heterocycles. The molecule has 172 valence electrons. The van der Waals surface area contributed by atoms with E-state index in [9.17, 15) is 4.79 Å². The molecule has 0 amide bonds. The van der Waals surface area contributed by atoms with Crippen LogP contribution in [0.1, 0.15) is 10.4 Å². The van der Waals surface area contributed by atoms with Crippen molar-refractivity contribution in [3.8, 4) is 21.6 Å². The molecule has 0 unspecified atom stereocenters. The van der Waals surface area contributed by atoms with Gasteiger partial charge < -0.3 is 4.90 Å². The SMILES string of the molecule is O=Cc1ccc(-c2c(-c3ccc(N(c4ccccc4)c4ccccc4)cc3)sc3ccccc23)cc1. The molecule has 0 atom stereocenters. The molecular weight excluding hydrogens is 458 g/mol. The van der Waals surface area contributed by atoms with Crippen LogP contribution in [0, 0.1) is 0 Å². The molecule has 0 saturated heterocycles. The summed E-state index contributed by atoms with van der Waals surface area (Å²) in [5.41, 5.74) is 7.54. The second kappa shape index (κ2) is 9.65. The number of para-hydroxylation sites is 2. The molecule has 1 heterocycles. The zero-order valence-electron chi connectivity index (χ0n) is 19.5. The van der Waals surface area contributed by atoms with Crippen LogP contribution in [0.15, 0.2) is 133 Å². The first-order chi connectivity index (χ1) is 17.8. The second-order valence-electron chi connectivity index (χ2n) is 8.60. The van der Waals surface area contributed by atoms with Crippen molar-refractivity contribution in [2.45, 2.75) is 0 Å². The maximum Gasteiger partial charge on any atom is 0.150 e. The number of hydrogen-bond donors (Lipinski definition) is 0. The Morgan fingerprint density at radius 1 is 0.528 bits per heavy atom. The quantitative estimate of drug-likeness (QED) is 0.221. The van der Waals surface area contributed by atoms with Gasteiger partial charge in [-0.2, -0.15) is 0 Å². The summed E-state index contributed by atoms with van der Waals surface area (Å²) in [6.45, 7) is 0. The van der Waals surface area contributed by atoms with Gasteiger partial charge in [-0.25, -0.2) is 0 Å². The van der Waals surface area contributed by atoms with Crippen LogP contribution in [-0.2, 0) is 0 Å². The summed E-state index contributed by atoms with van der Waals surface area (Å²) in [5, 5.41) is 1.23. The van der Waals surface area contributed by atoms with Crippen molar-refractivity contribution in [1.29, 1.82) is 0 Å². The van der Waals surface area contributed by atoms with Crippen LogP contribution < -0.4 is 4.90 Å². The van der Waals surface area contributed by atoms with Crippen LogP contribution in [0.2, 0.25) is 0 Å². The number of fused-ring (bicyclic) bond motifs is 1. The lowest BCUT2D eigenvalue weighted by molar-refractivity contribution is 0.112. The fourth-order valence-corrected chi connectivity index (χ4v) is 5.86. The van der Waals surface area contributed by atoms with Crippen molar-refractivity contribution in [2.75, 3.05) is 4.90 Å². The third-order valence-corrected chi connectivity index (χ3v) is 7.57. The van der Waals surface area contributed by atoms with Gasteiger partial charge in [0.05, 0.1) is 0 Å². The van der Waals surface area contributed by atoms with Gasteiger partial charge in [0.1, 0.15) is 6.29 Å². The minimum atomic E-state index is 0.686. The molecule has 36 heavy (non-hydrogen) atoms. The number of aldehydes is 1. The van der Waals surface area contributed by atoms with E-state index in [4.69, 9.17) is 0 Å². The lowest BCUT2D eigenvalue weighted by Gasteiger charge is -2.25. The highest BCUT2D eigenvalue weighted by atomic mass is 32.1. The lowest BCUT2D eigenvalue weighted by atomic mass is 9.98. The van der Waals surface area contributed by atoms with Crippen molar-refractivity contribution in [1.82, 2.24) is 0 Å². The van der Waals surface area contributed by atoms with E-state index in [2.05, 4.69) is 102 Å². The van der Waals surface area contributed by atoms with Gasteiger partial charge >= 0.3 is 0 Å². The normalized spacial score (nSPS) is 10.9. The van der Waals surface area contributed by atoms with Crippen LogP contribution in [-0.4, -0.2) is 6.29 Å². The zero-order chi connectivity index (χ0) is 24.3. The molecule has 6 aromatic rings. The molecule has 0 spiro atoms. The number of carbonyl (C=O) groups is 1. The van der Waals surface area contributed by atoms with Crippen molar-refractivity contribution in [3.63, 3.8) is 0 Å². The minimum Gasteiger partial charge on any atom is -0.311 e. The fraction of sp³-hybridized carbons (Fsp3) is 0. The largest absolute Gasteiger partial charge is 0.311 e. The van der Waals surface area contributed by atoms with Crippen molar-refractivity contribution >= 4 is 44.8 Å². The highest BCUT2D eigenvalue weighted by Gasteiger charge is 2.17. The number of hydrogen-bond acceptors (Lipinski definition) is 3. The highest BCUT2D eigenvalue weighted by molar-refractivity contribution is 7.23. The van der Waals surface area contributed by atoms with Crippen molar-refractivity contribution in [3.05, 3.63) is 139 Å². The first-order valence-electron chi connectivity index (χ1n) is 11.9. The third-order valence-electron chi connectivity index (χ3n) is 6.35. The van der Waals surface area contributed by atoms with Crippen molar-refractivity contribution in [2.24, 2.45) is 0 Å².